The first kappa shape index (κ1) is 15.4. The van der Waals surface area contributed by atoms with Gasteiger partial charge in [-0.05, 0) is 63.0 Å². The Labute approximate surface area is 131 Å². The van der Waals surface area contributed by atoms with Crippen molar-refractivity contribution < 1.29 is 8.42 Å². The van der Waals surface area contributed by atoms with Gasteiger partial charge in [0.15, 0.2) is 0 Å². The first-order chi connectivity index (χ1) is 10.3. The first-order valence-electron chi connectivity index (χ1n) is 7.59. The van der Waals surface area contributed by atoms with E-state index in [0.717, 1.165) is 30.4 Å². The van der Waals surface area contributed by atoms with Gasteiger partial charge in [0, 0.05) is 28.8 Å². The fourth-order valence-electron chi connectivity index (χ4n) is 3.40. The number of likely N-dealkylation sites (tertiary alicyclic amines) is 1. The Morgan fingerprint density at radius 3 is 2.82 bits per heavy atom. The third-order valence-electron chi connectivity index (χ3n) is 4.40. The molecule has 2 N–H and O–H groups in total. The molecule has 2 heterocycles. The number of H-pyrrole nitrogens is 1. The molecule has 1 aliphatic rings. The van der Waals surface area contributed by atoms with Gasteiger partial charge in [0.25, 0.3) is 0 Å². The second-order valence-corrected chi connectivity index (χ2v) is 8.23. The summed E-state index contributed by atoms with van der Waals surface area (Å²) in [5.41, 5.74) is 4.19. The van der Waals surface area contributed by atoms with Gasteiger partial charge in [-0.3, -0.25) is 4.72 Å². The molecule has 1 atom stereocenters. The monoisotopic (exact) mass is 321 g/mol. The number of anilines is 1. The van der Waals surface area contributed by atoms with E-state index in [9.17, 15) is 8.42 Å². The molecule has 6 heteroatoms. The summed E-state index contributed by atoms with van der Waals surface area (Å²) >= 11 is 0. The minimum atomic E-state index is -3.25. The summed E-state index contributed by atoms with van der Waals surface area (Å²) in [4.78, 5) is 5.78. The summed E-state index contributed by atoms with van der Waals surface area (Å²) in [5.74, 6) is 0.675. The topological polar surface area (TPSA) is 65.2 Å². The highest BCUT2D eigenvalue weighted by molar-refractivity contribution is 7.92. The van der Waals surface area contributed by atoms with Gasteiger partial charge in [-0.2, -0.15) is 0 Å². The first-order valence-corrected chi connectivity index (χ1v) is 9.48. The number of aryl methyl sites for hydroxylation is 1. The highest BCUT2D eigenvalue weighted by atomic mass is 32.2. The van der Waals surface area contributed by atoms with Crippen molar-refractivity contribution in [3.63, 3.8) is 0 Å². The van der Waals surface area contributed by atoms with Gasteiger partial charge in [-0.1, -0.05) is 0 Å². The molecule has 5 nitrogen and oxygen atoms in total. The van der Waals surface area contributed by atoms with E-state index < -0.39 is 10.0 Å². The van der Waals surface area contributed by atoms with E-state index in [1.165, 1.54) is 23.9 Å². The number of aromatic nitrogens is 1. The molecule has 0 radical (unpaired) electrons. The van der Waals surface area contributed by atoms with Crippen molar-refractivity contribution in [3.05, 3.63) is 29.5 Å². The molecule has 0 bridgehead atoms. The molecule has 1 saturated heterocycles. The van der Waals surface area contributed by atoms with Crippen LogP contribution in [0.1, 0.15) is 17.7 Å². The number of hydrogen-bond acceptors (Lipinski definition) is 3. The molecule has 1 unspecified atom stereocenters. The largest absolute Gasteiger partial charge is 0.358 e. The Balaban J connectivity index is 1.94. The maximum absolute atomic E-state index is 11.4. The zero-order valence-corrected chi connectivity index (χ0v) is 14.1. The zero-order valence-electron chi connectivity index (χ0n) is 13.3. The standard InChI is InChI=1S/C16H23N3O2S/c1-11-14(8-12-6-7-19(2)10-12)15-9-13(18-22(3,20)21)4-5-16(15)17-11/h4-5,9,12,17-18H,6-8,10H2,1-3H3. The lowest BCUT2D eigenvalue weighted by Gasteiger charge is -2.11. The van der Waals surface area contributed by atoms with Crippen LogP contribution >= 0.6 is 0 Å². The molecular formula is C16H23N3O2S. The fourth-order valence-corrected chi connectivity index (χ4v) is 3.96. The van der Waals surface area contributed by atoms with Gasteiger partial charge < -0.3 is 9.88 Å². The lowest BCUT2D eigenvalue weighted by molar-refractivity contribution is 0.394. The molecule has 1 aromatic heterocycles. The molecule has 22 heavy (non-hydrogen) atoms. The molecule has 2 aromatic rings. The van der Waals surface area contributed by atoms with Crippen molar-refractivity contribution in [2.24, 2.45) is 5.92 Å². The van der Waals surface area contributed by atoms with Crippen molar-refractivity contribution in [2.75, 3.05) is 31.1 Å². The van der Waals surface area contributed by atoms with Crippen LogP contribution in [0.15, 0.2) is 18.2 Å². The van der Waals surface area contributed by atoms with Crippen LogP contribution in [0, 0.1) is 12.8 Å². The van der Waals surface area contributed by atoms with Crippen LogP contribution in [0.5, 0.6) is 0 Å². The summed E-state index contributed by atoms with van der Waals surface area (Å²) in [5, 5.41) is 1.13. The Hall–Kier alpha value is -1.53. The Morgan fingerprint density at radius 2 is 2.18 bits per heavy atom. The Morgan fingerprint density at radius 1 is 1.41 bits per heavy atom. The summed E-state index contributed by atoms with van der Waals surface area (Å²) in [6, 6.07) is 5.68. The predicted molar refractivity (Wildman–Crippen MR) is 90.8 cm³/mol. The van der Waals surface area contributed by atoms with Gasteiger partial charge in [0.2, 0.25) is 10.0 Å². The number of aromatic amines is 1. The summed E-state index contributed by atoms with van der Waals surface area (Å²) in [7, 11) is -1.09. The van der Waals surface area contributed by atoms with Crippen molar-refractivity contribution in [1.29, 1.82) is 0 Å². The van der Waals surface area contributed by atoms with Crippen LogP contribution in [-0.4, -0.2) is 44.7 Å². The third-order valence-corrected chi connectivity index (χ3v) is 5.01. The Bertz CT molecular complexity index is 795. The van der Waals surface area contributed by atoms with E-state index in [2.05, 4.69) is 28.6 Å². The van der Waals surface area contributed by atoms with Crippen LogP contribution in [0.3, 0.4) is 0 Å². The van der Waals surface area contributed by atoms with E-state index in [-0.39, 0.29) is 0 Å². The number of benzene rings is 1. The number of nitrogens with zero attached hydrogens (tertiary/aromatic N) is 1. The second kappa shape index (κ2) is 5.59. The van der Waals surface area contributed by atoms with Crippen LogP contribution in [0.2, 0.25) is 0 Å². The van der Waals surface area contributed by atoms with Crippen molar-refractivity contribution in [1.82, 2.24) is 9.88 Å². The van der Waals surface area contributed by atoms with E-state index in [1.807, 2.05) is 12.1 Å². The van der Waals surface area contributed by atoms with Crippen LogP contribution in [0.25, 0.3) is 10.9 Å². The molecule has 0 saturated carbocycles. The molecule has 1 aromatic carbocycles. The van der Waals surface area contributed by atoms with E-state index in [0.29, 0.717) is 11.6 Å². The maximum atomic E-state index is 11.4. The second-order valence-electron chi connectivity index (χ2n) is 6.48. The number of hydrogen-bond donors (Lipinski definition) is 2. The van der Waals surface area contributed by atoms with Crippen LogP contribution in [-0.2, 0) is 16.4 Å². The fraction of sp³-hybridized carbons (Fsp3) is 0.500. The lowest BCUT2D eigenvalue weighted by atomic mass is 9.96. The maximum Gasteiger partial charge on any atom is 0.229 e. The van der Waals surface area contributed by atoms with E-state index >= 15 is 0 Å². The normalized spacial score (nSPS) is 19.9. The molecule has 1 aliphatic heterocycles. The van der Waals surface area contributed by atoms with E-state index in [4.69, 9.17) is 0 Å². The minimum Gasteiger partial charge on any atom is -0.358 e. The smallest absolute Gasteiger partial charge is 0.229 e. The van der Waals surface area contributed by atoms with Gasteiger partial charge in [-0.25, -0.2) is 8.42 Å². The average Bonchev–Trinajstić information content (AvgIpc) is 2.93. The molecule has 0 amide bonds. The summed E-state index contributed by atoms with van der Waals surface area (Å²) < 4.78 is 25.4. The summed E-state index contributed by atoms with van der Waals surface area (Å²) in [6.07, 6.45) is 3.44. The quantitative estimate of drug-likeness (QED) is 0.908. The molecule has 3 rings (SSSR count). The van der Waals surface area contributed by atoms with Crippen molar-refractivity contribution in [2.45, 2.75) is 19.8 Å². The Kier molecular flexibility index (Phi) is 3.91. The highest BCUT2D eigenvalue weighted by Gasteiger charge is 2.22. The van der Waals surface area contributed by atoms with Gasteiger partial charge >= 0.3 is 0 Å². The summed E-state index contributed by atoms with van der Waals surface area (Å²) in [6.45, 7) is 4.39. The molecule has 120 valence electrons. The third kappa shape index (κ3) is 3.28. The zero-order chi connectivity index (χ0) is 15.9. The van der Waals surface area contributed by atoms with Crippen molar-refractivity contribution in [3.8, 4) is 0 Å². The van der Waals surface area contributed by atoms with Gasteiger partial charge in [0.1, 0.15) is 0 Å². The number of fused-ring (bicyclic) bond motifs is 1. The molecule has 0 aliphatic carbocycles. The SMILES string of the molecule is Cc1[nH]c2ccc(NS(C)(=O)=O)cc2c1CC1CCN(C)C1. The van der Waals surface area contributed by atoms with Gasteiger partial charge in [-0.15, -0.1) is 0 Å². The van der Waals surface area contributed by atoms with E-state index in [1.54, 1.807) is 6.07 Å². The lowest BCUT2D eigenvalue weighted by Crippen LogP contribution is -2.15. The molecular weight excluding hydrogens is 298 g/mol. The minimum absolute atomic E-state index is 0.624. The van der Waals surface area contributed by atoms with Crippen LogP contribution in [0.4, 0.5) is 5.69 Å². The average molecular weight is 321 g/mol. The highest BCUT2D eigenvalue weighted by Crippen LogP contribution is 2.30. The predicted octanol–water partition coefficient (Wildman–Crippen LogP) is 2.34. The molecule has 1 fully saturated rings. The number of sulfonamides is 1. The van der Waals surface area contributed by atoms with Crippen molar-refractivity contribution >= 4 is 26.6 Å². The molecule has 0 spiro atoms. The number of rotatable bonds is 4. The number of nitrogens with one attached hydrogen (secondary N) is 2. The van der Waals surface area contributed by atoms with Gasteiger partial charge in [0.05, 0.1) is 6.26 Å². The van der Waals surface area contributed by atoms with Crippen LogP contribution < -0.4 is 4.72 Å².